The Hall–Kier alpha value is -1.53. The van der Waals surface area contributed by atoms with Gasteiger partial charge in [-0.1, -0.05) is 13.0 Å². The van der Waals surface area contributed by atoms with Crippen LogP contribution >= 0.6 is 0 Å². The van der Waals surface area contributed by atoms with Crippen LogP contribution in [0.5, 0.6) is 5.75 Å². The first-order valence-electron chi connectivity index (χ1n) is 5.03. The normalized spacial score (nSPS) is 12.1. The maximum Gasteiger partial charge on any atom is 0.136 e. The molecule has 3 heteroatoms. The first kappa shape index (κ1) is 11.5. The van der Waals surface area contributed by atoms with Crippen molar-refractivity contribution < 1.29 is 5.11 Å². The summed E-state index contributed by atoms with van der Waals surface area (Å²) in [6.45, 7) is 4.50. The molecule has 0 amide bonds. The molecule has 3 nitrogen and oxygen atoms in total. The molecule has 0 aromatic heterocycles. The number of rotatable bonds is 3. The van der Waals surface area contributed by atoms with Crippen molar-refractivity contribution in [2.75, 3.05) is 6.54 Å². The van der Waals surface area contributed by atoms with E-state index in [4.69, 9.17) is 11.0 Å². The summed E-state index contributed by atoms with van der Waals surface area (Å²) in [7, 11) is 0. The summed E-state index contributed by atoms with van der Waals surface area (Å²) in [6, 6.07) is 5.64. The smallest absolute Gasteiger partial charge is 0.136 e. The summed E-state index contributed by atoms with van der Waals surface area (Å²) < 4.78 is 0. The molecule has 0 aliphatic heterocycles. The van der Waals surface area contributed by atoms with Gasteiger partial charge in [-0.15, -0.1) is 0 Å². The van der Waals surface area contributed by atoms with E-state index in [9.17, 15) is 5.11 Å². The molecule has 3 N–H and O–H groups in total. The van der Waals surface area contributed by atoms with Gasteiger partial charge < -0.3 is 10.8 Å². The van der Waals surface area contributed by atoms with Crippen LogP contribution in [0.1, 0.15) is 36.0 Å². The van der Waals surface area contributed by atoms with E-state index in [1.165, 1.54) is 0 Å². The zero-order valence-electron chi connectivity index (χ0n) is 9.12. The zero-order chi connectivity index (χ0) is 11.4. The second-order valence-electron chi connectivity index (χ2n) is 3.82. The predicted molar refractivity (Wildman–Crippen MR) is 59.6 cm³/mol. The third-order valence-electron chi connectivity index (χ3n) is 2.61. The summed E-state index contributed by atoms with van der Waals surface area (Å²) in [5.41, 5.74) is 7.64. The molecule has 0 heterocycles. The van der Waals surface area contributed by atoms with Gasteiger partial charge >= 0.3 is 0 Å². The molecule has 1 rings (SSSR count). The van der Waals surface area contributed by atoms with Crippen LogP contribution < -0.4 is 5.73 Å². The van der Waals surface area contributed by atoms with Crippen molar-refractivity contribution in [2.24, 2.45) is 5.73 Å². The number of nitriles is 1. The van der Waals surface area contributed by atoms with Gasteiger partial charge in [0.2, 0.25) is 0 Å². The van der Waals surface area contributed by atoms with Gasteiger partial charge in [-0.2, -0.15) is 5.26 Å². The lowest BCUT2D eigenvalue weighted by Crippen LogP contribution is -2.05. The second kappa shape index (κ2) is 4.81. The highest BCUT2D eigenvalue weighted by Crippen LogP contribution is 2.28. The highest BCUT2D eigenvalue weighted by atomic mass is 16.3. The maximum atomic E-state index is 9.59. The SMILES string of the molecule is Cc1cc(C(C)CCN)cc(C#N)c1O. The summed E-state index contributed by atoms with van der Waals surface area (Å²) in [5, 5.41) is 18.4. The Morgan fingerprint density at radius 2 is 2.20 bits per heavy atom. The number of benzene rings is 1. The fraction of sp³-hybridized carbons (Fsp3) is 0.417. The summed E-state index contributed by atoms with van der Waals surface area (Å²) >= 11 is 0. The number of phenolic OH excluding ortho intramolecular Hbond substituents is 1. The van der Waals surface area contributed by atoms with Gasteiger partial charge in [0.15, 0.2) is 0 Å². The van der Waals surface area contributed by atoms with Crippen molar-refractivity contribution in [3.63, 3.8) is 0 Å². The molecule has 0 spiro atoms. The van der Waals surface area contributed by atoms with Gasteiger partial charge in [-0.05, 0) is 43.0 Å². The van der Waals surface area contributed by atoms with E-state index in [1.807, 2.05) is 12.1 Å². The van der Waals surface area contributed by atoms with Crippen molar-refractivity contribution in [1.29, 1.82) is 5.26 Å². The van der Waals surface area contributed by atoms with Crippen LogP contribution in [-0.4, -0.2) is 11.7 Å². The molecule has 0 saturated carbocycles. The lowest BCUT2D eigenvalue weighted by Gasteiger charge is -2.12. The molecule has 0 bridgehead atoms. The Morgan fingerprint density at radius 3 is 2.73 bits per heavy atom. The van der Waals surface area contributed by atoms with Crippen molar-refractivity contribution >= 4 is 0 Å². The highest BCUT2D eigenvalue weighted by Gasteiger charge is 2.10. The Balaban J connectivity index is 3.12. The monoisotopic (exact) mass is 204 g/mol. The van der Waals surface area contributed by atoms with Gasteiger partial charge in [0, 0.05) is 0 Å². The van der Waals surface area contributed by atoms with Crippen LogP contribution in [0.15, 0.2) is 12.1 Å². The lowest BCUT2D eigenvalue weighted by molar-refractivity contribution is 0.468. The minimum absolute atomic E-state index is 0.0844. The molecular formula is C12H16N2O. The third-order valence-corrected chi connectivity index (χ3v) is 2.61. The predicted octanol–water partition coefficient (Wildman–Crippen LogP) is 2.02. The first-order chi connectivity index (χ1) is 7.10. The molecule has 0 saturated heterocycles. The van der Waals surface area contributed by atoms with E-state index in [0.29, 0.717) is 18.0 Å². The minimum Gasteiger partial charge on any atom is -0.506 e. The van der Waals surface area contributed by atoms with Crippen molar-refractivity contribution in [3.05, 3.63) is 28.8 Å². The largest absolute Gasteiger partial charge is 0.506 e. The molecule has 0 aliphatic rings. The minimum atomic E-state index is 0.0844. The quantitative estimate of drug-likeness (QED) is 0.791. The Bertz CT molecular complexity index is 393. The van der Waals surface area contributed by atoms with Gasteiger partial charge in [0.25, 0.3) is 0 Å². The number of aromatic hydroxyl groups is 1. The molecule has 0 fully saturated rings. The van der Waals surface area contributed by atoms with E-state index in [1.54, 1.807) is 13.0 Å². The van der Waals surface area contributed by atoms with Crippen LogP contribution in [0, 0.1) is 18.3 Å². The first-order valence-corrected chi connectivity index (χ1v) is 5.03. The Kier molecular flexibility index (Phi) is 3.70. The molecule has 1 aromatic rings. The highest BCUT2D eigenvalue weighted by molar-refractivity contribution is 5.50. The average molecular weight is 204 g/mol. The summed E-state index contributed by atoms with van der Waals surface area (Å²) in [5.74, 6) is 0.405. The van der Waals surface area contributed by atoms with Crippen LogP contribution in [0.25, 0.3) is 0 Å². The Labute approximate surface area is 90.1 Å². The average Bonchev–Trinajstić information content (AvgIpc) is 2.22. The van der Waals surface area contributed by atoms with Crippen molar-refractivity contribution in [2.45, 2.75) is 26.2 Å². The van der Waals surface area contributed by atoms with E-state index < -0.39 is 0 Å². The third kappa shape index (κ3) is 2.48. The number of phenols is 1. The van der Waals surface area contributed by atoms with Crippen LogP contribution in [0.3, 0.4) is 0 Å². The van der Waals surface area contributed by atoms with Gasteiger partial charge in [-0.25, -0.2) is 0 Å². The number of nitrogens with zero attached hydrogens (tertiary/aromatic N) is 1. The molecule has 1 unspecified atom stereocenters. The van der Waals surface area contributed by atoms with Gasteiger partial charge in [0.05, 0.1) is 5.56 Å². The van der Waals surface area contributed by atoms with Crippen molar-refractivity contribution in [1.82, 2.24) is 0 Å². The fourth-order valence-electron chi connectivity index (χ4n) is 1.59. The maximum absolute atomic E-state index is 9.59. The van der Waals surface area contributed by atoms with Crippen LogP contribution in [0.4, 0.5) is 0 Å². The van der Waals surface area contributed by atoms with Crippen LogP contribution in [-0.2, 0) is 0 Å². The molecular weight excluding hydrogens is 188 g/mol. The molecule has 1 aromatic carbocycles. The number of aryl methyl sites for hydroxylation is 1. The molecule has 0 radical (unpaired) electrons. The van der Waals surface area contributed by atoms with E-state index in [2.05, 4.69) is 6.92 Å². The topological polar surface area (TPSA) is 70.0 Å². The summed E-state index contributed by atoms with van der Waals surface area (Å²) in [6.07, 6.45) is 0.884. The molecule has 1 atom stereocenters. The van der Waals surface area contributed by atoms with E-state index in [0.717, 1.165) is 17.5 Å². The second-order valence-corrected chi connectivity index (χ2v) is 3.82. The van der Waals surface area contributed by atoms with Crippen LogP contribution in [0.2, 0.25) is 0 Å². The number of hydrogen-bond donors (Lipinski definition) is 2. The molecule has 80 valence electrons. The van der Waals surface area contributed by atoms with Gasteiger partial charge in [-0.3, -0.25) is 0 Å². The standard InChI is InChI=1S/C12H16N2O/c1-8(3-4-13)10-5-9(2)12(15)11(6-10)7-14/h5-6,8,15H,3-4,13H2,1-2H3. The summed E-state index contributed by atoms with van der Waals surface area (Å²) in [4.78, 5) is 0. The number of nitrogens with two attached hydrogens (primary N) is 1. The fourth-order valence-corrected chi connectivity index (χ4v) is 1.59. The van der Waals surface area contributed by atoms with E-state index in [-0.39, 0.29) is 5.75 Å². The zero-order valence-corrected chi connectivity index (χ0v) is 9.12. The van der Waals surface area contributed by atoms with E-state index >= 15 is 0 Å². The number of hydrogen-bond acceptors (Lipinski definition) is 3. The van der Waals surface area contributed by atoms with Gasteiger partial charge in [0.1, 0.15) is 11.8 Å². The Morgan fingerprint density at radius 1 is 1.53 bits per heavy atom. The van der Waals surface area contributed by atoms with Crippen molar-refractivity contribution in [3.8, 4) is 11.8 Å². The lowest BCUT2D eigenvalue weighted by atomic mass is 9.94. The molecule has 15 heavy (non-hydrogen) atoms. The molecule has 0 aliphatic carbocycles.